The first-order chi connectivity index (χ1) is 6.13. The Balaban J connectivity index is 3.03. The largest absolute Gasteiger partial charge is 0.367 e. The Morgan fingerprint density at radius 1 is 1.62 bits per heavy atom. The van der Waals surface area contributed by atoms with Crippen molar-refractivity contribution in [3.05, 3.63) is 17.0 Å². The molecule has 0 atom stereocenters. The lowest BCUT2D eigenvalue weighted by Crippen LogP contribution is -2.12. The van der Waals surface area contributed by atoms with E-state index in [1.807, 2.05) is 19.9 Å². The van der Waals surface area contributed by atoms with Gasteiger partial charge < -0.3 is 5.32 Å². The number of hydrogen-bond donors (Lipinski definition) is 1. The Morgan fingerprint density at radius 3 is 2.85 bits per heavy atom. The molecule has 0 bridgehead atoms. The Hall–Kier alpha value is -1.34. The third-order valence-corrected chi connectivity index (χ3v) is 1.49. The predicted octanol–water partition coefficient (Wildman–Crippen LogP) is 1.82. The van der Waals surface area contributed by atoms with Gasteiger partial charge >= 0.3 is 0 Å². The lowest BCUT2D eigenvalue weighted by atomic mass is 10.3. The van der Waals surface area contributed by atoms with Crippen LogP contribution in [0.3, 0.4) is 0 Å². The molecule has 5 heteroatoms. The van der Waals surface area contributed by atoms with Crippen molar-refractivity contribution in [2.45, 2.75) is 19.9 Å². The van der Waals surface area contributed by atoms with Crippen LogP contribution in [0.4, 0.5) is 5.82 Å². The normalized spacial score (nSPS) is 9.77. The summed E-state index contributed by atoms with van der Waals surface area (Å²) < 4.78 is 0. The van der Waals surface area contributed by atoms with Crippen molar-refractivity contribution in [2.24, 2.45) is 0 Å². The molecule has 1 heterocycles. The number of nitrogens with one attached hydrogen (secondary N) is 1. The van der Waals surface area contributed by atoms with Gasteiger partial charge in [0.15, 0.2) is 0 Å². The lowest BCUT2D eigenvalue weighted by molar-refractivity contribution is 0.884. The van der Waals surface area contributed by atoms with Crippen LogP contribution in [0, 0.1) is 11.3 Å². The van der Waals surface area contributed by atoms with Gasteiger partial charge in [-0.25, -0.2) is 4.98 Å². The van der Waals surface area contributed by atoms with E-state index < -0.39 is 0 Å². The zero-order chi connectivity index (χ0) is 9.84. The first kappa shape index (κ1) is 9.75. The van der Waals surface area contributed by atoms with E-state index >= 15 is 0 Å². The van der Waals surface area contributed by atoms with E-state index in [1.165, 1.54) is 6.20 Å². The summed E-state index contributed by atoms with van der Waals surface area (Å²) in [5.74, 6) is 0.484. The highest BCUT2D eigenvalue weighted by Crippen LogP contribution is 2.13. The summed E-state index contributed by atoms with van der Waals surface area (Å²) in [6, 6.07) is 2.19. The molecule has 0 spiro atoms. The molecular formula is C8H9ClN4. The monoisotopic (exact) mass is 196 g/mol. The number of rotatable bonds is 2. The second kappa shape index (κ2) is 4.06. The summed E-state index contributed by atoms with van der Waals surface area (Å²) in [6.07, 6.45) is 1.40. The Bertz CT molecular complexity index is 342. The van der Waals surface area contributed by atoms with Gasteiger partial charge in [-0.05, 0) is 25.4 Å². The molecule has 68 valence electrons. The maximum Gasteiger partial charge on any atom is 0.224 e. The predicted molar refractivity (Wildman–Crippen MR) is 50.5 cm³/mol. The van der Waals surface area contributed by atoms with Gasteiger partial charge in [-0.1, -0.05) is 0 Å². The molecule has 0 radical (unpaired) electrons. The number of nitrogens with zero attached hydrogens (tertiary/aromatic N) is 3. The minimum absolute atomic E-state index is 0.141. The molecule has 4 nitrogen and oxygen atoms in total. The quantitative estimate of drug-likeness (QED) is 0.733. The topological polar surface area (TPSA) is 61.6 Å². The van der Waals surface area contributed by atoms with Crippen LogP contribution in [0.25, 0.3) is 0 Å². The Morgan fingerprint density at radius 2 is 2.31 bits per heavy atom. The first-order valence-corrected chi connectivity index (χ1v) is 4.20. The zero-order valence-electron chi connectivity index (χ0n) is 7.37. The Kier molecular flexibility index (Phi) is 3.04. The second-order valence-electron chi connectivity index (χ2n) is 2.81. The van der Waals surface area contributed by atoms with Crippen molar-refractivity contribution >= 4 is 17.4 Å². The molecule has 1 aromatic heterocycles. The fourth-order valence-electron chi connectivity index (χ4n) is 0.826. The molecule has 0 aromatic carbocycles. The molecule has 0 aliphatic rings. The van der Waals surface area contributed by atoms with Crippen molar-refractivity contribution < 1.29 is 0 Å². The summed E-state index contributed by atoms with van der Waals surface area (Å²) in [5.41, 5.74) is 0.401. The maximum absolute atomic E-state index is 8.71. The van der Waals surface area contributed by atoms with Gasteiger partial charge in [0, 0.05) is 6.04 Å². The van der Waals surface area contributed by atoms with Crippen LogP contribution < -0.4 is 5.32 Å². The molecule has 0 saturated heterocycles. The first-order valence-electron chi connectivity index (χ1n) is 3.82. The van der Waals surface area contributed by atoms with Crippen LogP contribution in [0.1, 0.15) is 19.4 Å². The van der Waals surface area contributed by atoms with Gasteiger partial charge in [0.05, 0.1) is 6.20 Å². The summed E-state index contributed by atoms with van der Waals surface area (Å²) >= 11 is 5.59. The molecule has 13 heavy (non-hydrogen) atoms. The minimum atomic E-state index is 0.141. The van der Waals surface area contributed by atoms with E-state index in [2.05, 4.69) is 15.3 Å². The molecule has 0 aliphatic heterocycles. The number of hydrogen-bond acceptors (Lipinski definition) is 4. The van der Waals surface area contributed by atoms with Crippen LogP contribution in [0.2, 0.25) is 5.28 Å². The number of nitriles is 1. The van der Waals surface area contributed by atoms with Crippen molar-refractivity contribution in [1.29, 1.82) is 5.26 Å². The maximum atomic E-state index is 8.71. The average molecular weight is 197 g/mol. The number of anilines is 1. The van der Waals surface area contributed by atoms with Crippen LogP contribution in [0.5, 0.6) is 0 Å². The van der Waals surface area contributed by atoms with E-state index in [4.69, 9.17) is 16.9 Å². The van der Waals surface area contributed by atoms with Gasteiger partial charge in [0.2, 0.25) is 5.28 Å². The van der Waals surface area contributed by atoms with E-state index in [0.717, 1.165) is 0 Å². The van der Waals surface area contributed by atoms with E-state index in [-0.39, 0.29) is 11.3 Å². The van der Waals surface area contributed by atoms with Crippen molar-refractivity contribution in [2.75, 3.05) is 5.32 Å². The van der Waals surface area contributed by atoms with Crippen LogP contribution in [-0.2, 0) is 0 Å². The molecule has 0 unspecified atom stereocenters. The van der Waals surface area contributed by atoms with Gasteiger partial charge in [0.25, 0.3) is 0 Å². The number of aromatic nitrogens is 2. The molecule has 0 aliphatic carbocycles. The Labute approximate surface area is 81.6 Å². The molecule has 1 aromatic rings. The summed E-state index contributed by atoms with van der Waals surface area (Å²) in [6.45, 7) is 3.91. The number of halogens is 1. The third-order valence-electron chi connectivity index (χ3n) is 1.31. The SMILES string of the molecule is CC(C)Nc1nc(Cl)ncc1C#N. The summed E-state index contributed by atoms with van der Waals surface area (Å²) in [4.78, 5) is 7.61. The van der Waals surface area contributed by atoms with Gasteiger partial charge in [-0.2, -0.15) is 10.2 Å². The molecule has 1 rings (SSSR count). The summed E-state index contributed by atoms with van der Waals surface area (Å²) in [7, 11) is 0. The highest BCUT2D eigenvalue weighted by molar-refractivity contribution is 6.28. The van der Waals surface area contributed by atoms with Gasteiger partial charge in [0.1, 0.15) is 17.5 Å². The van der Waals surface area contributed by atoms with Crippen LogP contribution in [-0.4, -0.2) is 16.0 Å². The highest BCUT2D eigenvalue weighted by atomic mass is 35.5. The third kappa shape index (κ3) is 2.56. The van der Waals surface area contributed by atoms with Crippen LogP contribution >= 0.6 is 11.6 Å². The fraction of sp³-hybridized carbons (Fsp3) is 0.375. The van der Waals surface area contributed by atoms with E-state index in [0.29, 0.717) is 11.4 Å². The minimum Gasteiger partial charge on any atom is -0.367 e. The molecule has 0 amide bonds. The zero-order valence-corrected chi connectivity index (χ0v) is 8.13. The highest BCUT2D eigenvalue weighted by Gasteiger charge is 2.06. The standard InChI is InChI=1S/C8H9ClN4/c1-5(2)12-7-6(3-10)4-11-8(9)13-7/h4-5H,1-2H3,(H,11,12,13). The smallest absolute Gasteiger partial charge is 0.224 e. The lowest BCUT2D eigenvalue weighted by Gasteiger charge is -2.09. The summed E-state index contributed by atoms with van der Waals surface area (Å²) in [5, 5.41) is 11.9. The molecule has 1 N–H and O–H groups in total. The second-order valence-corrected chi connectivity index (χ2v) is 3.15. The van der Waals surface area contributed by atoms with Crippen molar-refractivity contribution in [1.82, 2.24) is 9.97 Å². The van der Waals surface area contributed by atoms with Gasteiger partial charge in [-0.3, -0.25) is 0 Å². The van der Waals surface area contributed by atoms with E-state index in [9.17, 15) is 0 Å². The fourth-order valence-corrected chi connectivity index (χ4v) is 0.959. The average Bonchev–Trinajstić information content (AvgIpc) is 2.03. The van der Waals surface area contributed by atoms with Gasteiger partial charge in [-0.15, -0.1) is 0 Å². The molecule has 0 fully saturated rings. The van der Waals surface area contributed by atoms with E-state index in [1.54, 1.807) is 0 Å². The van der Waals surface area contributed by atoms with Crippen LogP contribution in [0.15, 0.2) is 6.20 Å². The van der Waals surface area contributed by atoms with Crippen molar-refractivity contribution in [3.63, 3.8) is 0 Å². The molecule has 0 saturated carbocycles. The van der Waals surface area contributed by atoms with Crippen molar-refractivity contribution in [3.8, 4) is 6.07 Å². The molecular weight excluding hydrogens is 188 g/mol.